The molecule has 0 saturated carbocycles. The van der Waals surface area contributed by atoms with Crippen molar-refractivity contribution in [3.63, 3.8) is 0 Å². The van der Waals surface area contributed by atoms with Crippen molar-refractivity contribution in [1.82, 2.24) is 25.7 Å². The van der Waals surface area contributed by atoms with Gasteiger partial charge in [0.2, 0.25) is 0 Å². The molecule has 2 aromatic rings. The highest BCUT2D eigenvalue weighted by Gasteiger charge is 2.05. The number of hydrogen-bond donors (Lipinski definition) is 3. The number of imidazole rings is 1. The van der Waals surface area contributed by atoms with E-state index in [1.165, 1.54) is 0 Å². The van der Waals surface area contributed by atoms with Crippen LogP contribution in [0.3, 0.4) is 0 Å². The fourth-order valence-electron chi connectivity index (χ4n) is 1.62. The van der Waals surface area contributed by atoms with Crippen LogP contribution in [-0.4, -0.2) is 32.3 Å². The minimum absolute atomic E-state index is 0.520. The second kappa shape index (κ2) is 6.95. The van der Waals surface area contributed by atoms with Crippen LogP contribution >= 0.6 is 12.2 Å². The van der Waals surface area contributed by atoms with E-state index >= 15 is 0 Å². The number of aromatic nitrogens is 3. The molecule has 0 unspecified atom stereocenters. The lowest BCUT2D eigenvalue weighted by atomic mass is 10.3. The third-order valence-corrected chi connectivity index (χ3v) is 2.98. The van der Waals surface area contributed by atoms with Gasteiger partial charge in [0, 0.05) is 12.7 Å². The zero-order chi connectivity index (χ0) is 14.4. The molecule has 3 N–H and O–H groups in total. The molecule has 2 aromatic heterocycles. The molecular formula is C13H18N6S. The average molecular weight is 290 g/mol. The second-order valence-corrected chi connectivity index (χ2v) is 4.79. The number of thiocarbonyl (C=S) groups is 1. The summed E-state index contributed by atoms with van der Waals surface area (Å²) in [7, 11) is 0. The van der Waals surface area contributed by atoms with Crippen LogP contribution in [0.25, 0.3) is 11.2 Å². The third-order valence-electron chi connectivity index (χ3n) is 2.74. The number of aromatic amines is 1. The number of nitrogens with one attached hydrogen (secondary N) is 3. The van der Waals surface area contributed by atoms with E-state index in [0.29, 0.717) is 16.6 Å². The van der Waals surface area contributed by atoms with Gasteiger partial charge in [0.25, 0.3) is 0 Å². The molecule has 0 aliphatic heterocycles. The van der Waals surface area contributed by atoms with Crippen LogP contribution in [0, 0.1) is 0 Å². The normalized spacial score (nSPS) is 11.6. The predicted molar refractivity (Wildman–Crippen MR) is 84.7 cm³/mol. The van der Waals surface area contributed by atoms with E-state index in [1.54, 1.807) is 6.20 Å². The molecule has 0 atom stereocenters. The zero-order valence-corrected chi connectivity index (χ0v) is 12.4. The van der Waals surface area contributed by atoms with E-state index in [4.69, 9.17) is 12.2 Å². The number of H-pyrrole nitrogens is 1. The van der Waals surface area contributed by atoms with Gasteiger partial charge in [0.05, 0.1) is 5.52 Å². The Bertz CT molecular complexity index is 585. The molecule has 0 saturated heterocycles. The topological polar surface area (TPSA) is 78.0 Å². The fraction of sp³-hybridized carbons (Fsp3) is 0.385. The van der Waals surface area contributed by atoms with Gasteiger partial charge in [-0.1, -0.05) is 13.3 Å². The molecule has 6 nitrogen and oxygen atoms in total. The Morgan fingerprint density at radius 2 is 2.35 bits per heavy atom. The van der Waals surface area contributed by atoms with Crippen LogP contribution in [0.1, 0.15) is 32.5 Å². The summed E-state index contributed by atoms with van der Waals surface area (Å²) in [5, 5.41) is 7.82. The summed E-state index contributed by atoms with van der Waals surface area (Å²) < 4.78 is 0. The number of pyridine rings is 1. The lowest BCUT2D eigenvalue weighted by molar-refractivity contribution is 0.744. The van der Waals surface area contributed by atoms with Crippen LogP contribution in [0.5, 0.6) is 0 Å². The molecule has 0 aliphatic carbocycles. The number of hydrogen-bond acceptors (Lipinski definition) is 4. The molecule has 20 heavy (non-hydrogen) atoms. The lowest BCUT2D eigenvalue weighted by Gasteiger charge is -2.06. The SMILES string of the molecule is CCCCNC(=S)N/N=C(\C)c1nc2ncccc2[nH]1. The van der Waals surface area contributed by atoms with Gasteiger partial charge in [-0.2, -0.15) is 5.10 Å². The predicted octanol–water partition coefficient (Wildman–Crippen LogP) is 1.95. The smallest absolute Gasteiger partial charge is 0.186 e. The molecule has 0 aliphatic rings. The van der Waals surface area contributed by atoms with E-state index in [9.17, 15) is 0 Å². The van der Waals surface area contributed by atoms with Gasteiger partial charge in [-0.25, -0.2) is 9.97 Å². The number of fused-ring (bicyclic) bond motifs is 1. The Labute approximate surface area is 123 Å². The number of unbranched alkanes of at least 4 members (excludes halogenated alkanes) is 1. The molecule has 0 fully saturated rings. The molecule has 7 heteroatoms. The van der Waals surface area contributed by atoms with Gasteiger partial charge in [0.15, 0.2) is 16.6 Å². The van der Waals surface area contributed by atoms with E-state index in [1.807, 2.05) is 19.1 Å². The average Bonchev–Trinajstić information content (AvgIpc) is 2.89. The minimum Gasteiger partial charge on any atom is -0.361 e. The maximum absolute atomic E-state index is 5.13. The van der Waals surface area contributed by atoms with E-state index in [2.05, 4.69) is 37.7 Å². The quantitative estimate of drug-likeness (QED) is 0.339. The summed E-state index contributed by atoms with van der Waals surface area (Å²) in [5.41, 5.74) is 5.11. The van der Waals surface area contributed by atoms with Crippen LogP contribution < -0.4 is 10.7 Å². The molecule has 0 amide bonds. The van der Waals surface area contributed by atoms with Crippen molar-refractivity contribution in [3.05, 3.63) is 24.2 Å². The van der Waals surface area contributed by atoms with E-state index in [-0.39, 0.29) is 0 Å². The highest BCUT2D eigenvalue weighted by atomic mass is 32.1. The van der Waals surface area contributed by atoms with Gasteiger partial charge in [-0.3, -0.25) is 5.43 Å². The van der Waals surface area contributed by atoms with Crippen LogP contribution in [0.4, 0.5) is 0 Å². The third kappa shape index (κ3) is 3.74. The Hall–Kier alpha value is -2.02. The zero-order valence-electron chi connectivity index (χ0n) is 11.6. The molecule has 0 bridgehead atoms. The summed E-state index contributed by atoms with van der Waals surface area (Å²) in [4.78, 5) is 11.7. The maximum Gasteiger partial charge on any atom is 0.186 e. The summed E-state index contributed by atoms with van der Waals surface area (Å²) in [6.07, 6.45) is 3.92. The molecular weight excluding hydrogens is 272 g/mol. The highest BCUT2D eigenvalue weighted by molar-refractivity contribution is 7.80. The maximum atomic E-state index is 5.13. The van der Waals surface area contributed by atoms with Gasteiger partial charge in [0.1, 0.15) is 5.71 Å². The molecule has 0 radical (unpaired) electrons. The van der Waals surface area contributed by atoms with Crippen molar-refractivity contribution in [2.24, 2.45) is 5.10 Å². The first-order chi connectivity index (χ1) is 9.70. The summed E-state index contributed by atoms with van der Waals surface area (Å²) >= 11 is 5.13. The van der Waals surface area contributed by atoms with Crippen molar-refractivity contribution in [1.29, 1.82) is 0 Å². The highest BCUT2D eigenvalue weighted by Crippen LogP contribution is 2.07. The summed E-state index contributed by atoms with van der Waals surface area (Å²) in [5.74, 6) is 0.683. The number of rotatable bonds is 5. The second-order valence-electron chi connectivity index (χ2n) is 4.38. The van der Waals surface area contributed by atoms with Crippen molar-refractivity contribution >= 4 is 34.2 Å². The standard InChI is InChI=1S/C13H18N6S/c1-3-4-7-15-13(20)19-18-9(2)11-16-10-6-5-8-14-12(10)17-11/h5-6,8H,3-4,7H2,1-2H3,(H,14,16,17)(H2,15,19,20)/b18-9+. The number of hydrazone groups is 1. The van der Waals surface area contributed by atoms with E-state index in [0.717, 1.165) is 30.6 Å². The Kier molecular flexibility index (Phi) is 5.00. The summed E-state index contributed by atoms with van der Waals surface area (Å²) in [6.45, 7) is 4.85. The largest absolute Gasteiger partial charge is 0.361 e. The van der Waals surface area contributed by atoms with Gasteiger partial charge < -0.3 is 10.3 Å². The van der Waals surface area contributed by atoms with Gasteiger partial charge in [-0.05, 0) is 37.7 Å². The van der Waals surface area contributed by atoms with Gasteiger partial charge >= 0.3 is 0 Å². The first-order valence-corrected chi connectivity index (χ1v) is 7.00. The Morgan fingerprint density at radius 3 is 3.10 bits per heavy atom. The van der Waals surface area contributed by atoms with E-state index < -0.39 is 0 Å². The lowest BCUT2D eigenvalue weighted by Crippen LogP contribution is -2.33. The Balaban J connectivity index is 1.97. The Morgan fingerprint density at radius 1 is 1.50 bits per heavy atom. The molecule has 106 valence electrons. The molecule has 2 heterocycles. The van der Waals surface area contributed by atoms with Crippen LogP contribution in [-0.2, 0) is 0 Å². The van der Waals surface area contributed by atoms with Crippen molar-refractivity contribution in [2.75, 3.05) is 6.54 Å². The monoisotopic (exact) mass is 290 g/mol. The first kappa shape index (κ1) is 14.4. The van der Waals surface area contributed by atoms with Crippen molar-refractivity contribution in [3.8, 4) is 0 Å². The first-order valence-electron chi connectivity index (χ1n) is 6.60. The molecule has 0 spiro atoms. The number of nitrogens with zero attached hydrogens (tertiary/aromatic N) is 3. The summed E-state index contributed by atoms with van der Waals surface area (Å²) in [6, 6.07) is 3.79. The fourth-order valence-corrected chi connectivity index (χ4v) is 1.77. The van der Waals surface area contributed by atoms with Crippen LogP contribution in [0.2, 0.25) is 0 Å². The van der Waals surface area contributed by atoms with Crippen molar-refractivity contribution < 1.29 is 0 Å². The molecule has 2 rings (SSSR count). The van der Waals surface area contributed by atoms with Crippen LogP contribution in [0.15, 0.2) is 23.4 Å². The molecule has 0 aromatic carbocycles. The van der Waals surface area contributed by atoms with Gasteiger partial charge in [-0.15, -0.1) is 0 Å². The van der Waals surface area contributed by atoms with Crippen molar-refractivity contribution in [2.45, 2.75) is 26.7 Å². The minimum atomic E-state index is 0.520.